The maximum Gasteiger partial charge on any atom is 0.192 e. The Morgan fingerprint density at radius 2 is 1.63 bits per heavy atom. The van der Waals surface area contributed by atoms with Gasteiger partial charge in [-0.15, -0.1) is 0 Å². The Kier molecular flexibility index (Phi) is 7.09. The summed E-state index contributed by atoms with van der Waals surface area (Å²) in [6, 6.07) is 18.6. The minimum atomic E-state index is -1.87. The number of ether oxygens (including phenoxy) is 1. The van der Waals surface area contributed by atoms with Gasteiger partial charge in [-0.2, -0.15) is 0 Å². The molecule has 4 nitrogen and oxygen atoms in total. The Balaban J connectivity index is 1.96. The molecule has 2 aromatic carbocycles. The second-order valence-corrected chi connectivity index (χ2v) is 14.8. The predicted octanol–water partition coefficient (Wildman–Crippen LogP) is 6.73. The number of aromatic nitrogens is 2. The Hall–Kier alpha value is -1.64. The van der Waals surface area contributed by atoms with Crippen LogP contribution in [0.5, 0.6) is 5.75 Å². The normalized spacial score (nSPS) is 12.2. The molecule has 0 atom stereocenters. The fraction of sp³-hybridized carbons (Fsp3) is 0.375. The van der Waals surface area contributed by atoms with Gasteiger partial charge < -0.3 is 13.7 Å². The number of rotatable bonds is 7. The molecule has 160 valence electrons. The van der Waals surface area contributed by atoms with Gasteiger partial charge in [0.2, 0.25) is 0 Å². The van der Waals surface area contributed by atoms with E-state index in [0.29, 0.717) is 6.61 Å². The third-order valence-corrected chi connectivity index (χ3v) is 11.5. The topological polar surface area (TPSA) is 36.3 Å². The summed E-state index contributed by atoms with van der Waals surface area (Å²) in [7, 11) is -0.184. The molecule has 0 radical (unpaired) electrons. The van der Waals surface area contributed by atoms with E-state index in [-0.39, 0.29) is 5.04 Å². The number of halogens is 1. The summed E-state index contributed by atoms with van der Waals surface area (Å²) in [6.45, 7) is 12.6. The molecule has 0 fully saturated rings. The molecule has 0 aliphatic carbocycles. The zero-order valence-corrected chi connectivity index (χ0v) is 21.9. The van der Waals surface area contributed by atoms with Crippen molar-refractivity contribution >= 4 is 30.9 Å². The summed E-state index contributed by atoms with van der Waals surface area (Å²) in [5.74, 6) is 1.84. The maximum absolute atomic E-state index is 6.53. The summed E-state index contributed by atoms with van der Waals surface area (Å²) in [4.78, 5) is 5.02. The highest BCUT2D eigenvalue weighted by Crippen LogP contribution is 2.37. The summed E-state index contributed by atoms with van der Waals surface area (Å²) in [5.41, 5.74) is 3.35. The van der Waals surface area contributed by atoms with Crippen molar-refractivity contribution in [2.24, 2.45) is 0 Å². The molecule has 0 spiro atoms. The lowest BCUT2D eigenvalue weighted by Gasteiger charge is -2.36. The van der Waals surface area contributed by atoms with Crippen molar-refractivity contribution in [2.75, 3.05) is 7.11 Å². The summed E-state index contributed by atoms with van der Waals surface area (Å²) < 4.78 is 15.2. The van der Waals surface area contributed by atoms with E-state index < -0.39 is 8.32 Å². The summed E-state index contributed by atoms with van der Waals surface area (Å²) in [5, 5.41) is 0.163. The fourth-order valence-electron chi connectivity index (χ4n) is 2.90. The van der Waals surface area contributed by atoms with E-state index in [9.17, 15) is 0 Å². The van der Waals surface area contributed by atoms with Gasteiger partial charge in [0, 0.05) is 12.1 Å². The van der Waals surface area contributed by atoms with E-state index in [0.717, 1.165) is 33.1 Å². The molecule has 6 heteroatoms. The van der Waals surface area contributed by atoms with Gasteiger partial charge >= 0.3 is 0 Å². The van der Waals surface area contributed by atoms with Gasteiger partial charge in [-0.25, -0.2) is 4.98 Å². The number of hydrogen-bond acceptors (Lipinski definition) is 3. The number of benzene rings is 2. The van der Waals surface area contributed by atoms with Crippen LogP contribution in [0.3, 0.4) is 0 Å². The molecule has 0 N–H and O–H groups in total. The van der Waals surface area contributed by atoms with Gasteiger partial charge in [-0.3, -0.25) is 0 Å². The zero-order chi connectivity index (χ0) is 21.9. The highest BCUT2D eigenvalue weighted by Gasteiger charge is 2.37. The van der Waals surface area contributed by atoms with E-state index in [4.69, 9.17) is 14.1 Å². The quantitative estimate of drug-likeness (QED) is 0.249. The van der Waals surface area contributed by atoms with Crippen molar-refractivity contribution in [3.8, 4) is 17.0 Å². The van der Waals surface area contributed by atoms with Crippen LogP contribution in [-0.2, 0) is 17.6 Å². The average molecular weight is 535 g/mol. The van der Waals surface area contributed by atoms with Gasteiger partial charge in [0.15, 0.2) is 8.32 Å². The van der Waals surface area contributed by atoms with Crippen molar-refractivity contribution in [1.29, 1.82) is 0 Å². The lowest BCUT2D eigenvalue weighted by Crippen LogP contribution is -2.40. The molecule has 0 aliphatic heterocycles. The van der Waals surface area contributed by atoms with E-state index in [1.54, 1.807) is 7.11 Å². The van der Waals surface area contributed by atoms with Crippen LogP contribution >= 0.6 is 22.6 Å². The van der Waals surface area contributed by atoms with E-state index in [1.165, 1.54) is 5.56 Å². The Morgan fingerprint density at radius 3 is 2.20 bits per heavy atom. The van der Waals surface area contributed by atoms with Gasteiger partial charge in [0.1, 0.15) is 21.0 Å². The third-order valence-electron chi connectivity index (χ3n) is 5.90. The highest BCUT2D eigenvalue weighted by molar-refractivity contribution is 14.1. The third kappa shape index (κ3) is 5.15. The molecular formula is C24H31IN2O2Si. The molecular weight excluding hydrogens is 503 g/mol. The minimum Gasteiger partial charge on any atom is -0.497 e. The standard InChI is InChI=1S/C24H31IN2O2Si/c1-24(2,3)30(5,6)29-17-21-26-22(19-10-8-7-9-11-19)23(25)27(21)16-18-12-14-20(28-4)15-13-18/h7-15H,16-17H2,1-6H3. The van der Waals surface area contributed by atoms with E-state index in [2.05, 4.69) is 97.4 Å². The first kappa shape index (κ1) is 23.0. The largest absolute Gasteiger partial charge is 0.497 e. The molecule has 0 unspecified atom stereocenters. The molecule has 1 heterocycles. The first-order valence-corrected chi connectivity index (χ1v) is 14.2. The highest BCUT2D eigenvalue weighted by atomic mass is 127. The number of nitrogens with zero attached hydrogens (tertiary/aromatic N) is 2. The molecule has 1 aromatic heterocycles. The second kappa shape index (κ2) is 9.24. The minimum absolute atomic E-state index is 0.163. The zero-order valence-electron chi connectivity index (χ0n) is 18.7. The van der Waals surface area contributed by atoms with Crippen LogP contribution in [0.25, 0.3) is 11.3 Å². The molecule has 0 saturated heterocycles. The van der Waals surface area contributed by atoms with Crippen LogP contribution in [0, 0.1) is 3.70 Å². The van der Waals surface area contributed by atoms with Crippen molar-refractivity contribution < 1.29 is 9.16 Å². The Morgan fingerprint density at radius 1 is 1.00 bits per heavy atom. The number of hydrogen-bond donors (Lipinski definition) is 0. The fourth-order valence-corrected chi connectivity index (χ4v) is 4.71. The lowest BCUT2D eigenvalue weighted by atomic mass is 10.2. The van der Waals surface area contributed by atoms with Crippen molar-refractivity contribution in [3.63, 3.8) is 0 Å². The van der Waals surface area contributed by atoms with Gasteiger partial charge in [0.25, 0.3) is 0 Å². The lowest BCUT2D eigenvalue weighted by molar-refractivity contribution is 0.262. The Labute approximate surface area is 194 Å². The van der Waals surface area contributed by atoms with Crippen molar-refractivity contribution in [1.82, 2.24) is 9.55 Å². The van der Waals surface area contributed by atoms with Crippen LogP contribution in [0.15, 0.2) is 54.6 Å². The molecule has 0 saturated carbocycles. The van der Waals surface area contributed by atoms with Gasteiger partial charge in [-0.05, 0) is 58.4 Å². The molecule has 3 aromatic rings. The van der Waals surface area contributed by atoms with Crippen LogP contribution < -0.4 is 4.74 Å². The SMILES string of the molecule is COc1ccc(Cn2c(CO[Si](C)(C)C(C)(C)C)nc(-c3ccccc3)c2I)cc1. The van der Waals surface area contributed by atoms with Crippen LogP contribution in [0.4, 0.5) is 0 Å². The molecule has 30 heavy (non-hydrogen) atoms. The molecule has 0 bridgehead atoms. The smallest absolute Gasteiger partial charge is 0.192 e. The summed E-state index contributed by atoms with van der Waals surface area (Å²) in [6.07, 6.45) is 0. The molecule has 0 aliphatic rings. The Bertz CT molecular complexity index is 977. The average Bonchev–Trinajstić information content (AvgIpc) is 3.02. The van der Waals surface area contributed by atoms with Gasteiger partial charge in [-0.1, -0.05) is 63.2 Å². The molecule has 0 amide bonds. The van der Waals surface area contributed by atoms with Gasteiger partial charge in [0.05, 0.1) is 13.7 Å². The van der Waals surface area contributed by atoms with E-state index in [1.807, 2.05) is 18.2 Å². The van der Waals surface area contributed by atoms with Crippen LogP contribution in [-0.4, -0.2) is 25.0 Å². The number of imidazole rings is 1. The van der Waals surface area contributed by atoms with Crippen LogP contribution in [0.2, 0.25) is 18.1 Å². The van der Waals surface area contributed by atoms with Crippen molar-refractivity contribution in [2.45, 2.75) is 52.1 Å². The first-order chi connectivity index (χ1) is 14.1. The monoisotopic (exact) mass is 534 g/mol. The van der Waals surface area contributed by atoms with Crippen LogP contribution in [0.1, 0.15) is 32.2 Å². The van der Waals surface area contributed by atoms with E-state index >= 15 is 0 Å². The maximum atomic E-state index is 6.53. The predicted molar refractivity (Wildman–Crippen MR) is 134 cm³/mol. The molecule has 3 rings (SSSR count). The van der Waals surface area contributed by atoms with Crippen molar-refractivity contribution in [3.05, 3.63) is 69.7 Å². The first-order valence-electron chi connectivity index (χ1n) is 10.2. The number of methoxy groups -OCH3 is 1. The second-order valence-electron chi connectivity index (χ2n) is 9.02. The summed E-state index contributed by atoms with van der Waals surface area (Å²) >= 11 is 2.41.